The van der Waals surface area contributed by atoms with Crippen LogP contribution in [0.5, 0.6) is 11.5 Å². The van der Waals surface area contributed by atoms with E-state index in [2.05, 4.69) is 25.6 Å². The van der Waals surface area contributed by atoms with Gasteiger partial charge in [-0.1, -0.05) is 61.4 Å². The summed E-state index contributed by atoms with van der Waals surface area (Å²) < 4.78 is 17.9. The highest BCUT2D eigenvalue weighted by molar-refractivity contribution is 6.30. The third-order valence-corrected chi connectivity index (χ3v) is 6.28. The smallest absolute Gasteiger partial charge is 0.341 e. The zero-order chi connectivity index (χ0) is 23.3. The second-order valence-corrected chi connectivity index (χ2v) is 8.73. The van der Waals surface area contributed by atoms with Crippen molar-refractivity contribution in [3.05, 3.63) is 70.8 Å². The van der Waals surface area contributed by atoms with Crippen LogP contribution < -0.4 is 9.47 Å². The summed E-state index contributed by atoms with van der Waals surface area (Å²) in [6.45, 7) is 7.95. The maximum atomic E-state index is 11.2. The molecule has 2 aromatic rings. The Bertz CT molecular complexity index is 940. The zero-order valence-electron chi connectivity index (χ0n) is 18.8. The van der Waals surface area contributed by atoms with Crippen molar-refractivity contribution >= 4 is 17.6 Å². The van der Waals surface area contributed by atoms with E-state index in [4.69, 9.17) is 30.9 Å². The molecule has 1 heterocycles. The molecule has 1 aliphatic heterocycles. The van der Waals surface area contributed by atoms with Gasteiger partial charge in [-0.2, -0.15) is 0 Å². The number of carbonyl (C=O) groups is 1. The summed E-state index contributed by atoms with van der Waals surface area (Å²) in [5.74, 6) is 0.0882. The highest BCUT2D eigenvalue weighted by Crippen LogP contribution is 2.50. The van der Waals surface area contributed by atoms with Gasteiger partial charge < -0.3 is 19.3 Å². The van der Waals surface area contributed by atoms with Crippen molar-refractivity contribution in [2.24, 2.45) is 5.92 Å². The minimum atomic E-state index is -1.05. The number of carboxylic acid groups (broad SMARTS) is 1. The van der Waals surface area contributed by atoms with E-state index >= 15 is 0 Å². The van der Waals surface area contributed by atoms with Crippen molar-refractivity contribution < 1.29 is 24.1 Å². The first-order chi connectivity index (χ1) is 15.3. The summed E-state index contributed by atoms with van der Waals surface area (Å²) in [5.41, 5.74) is 3.00. The van der Waals surface area contributed by atoms with Gasteiger partial charge in [0, 0.05) is 22.4 Å². The van der Waals surface area contributed by atoms with Crippen LogP contribution in [0.2, 0.25) is 5.02 Å². The van der Waals surface area contributed by atoms with Crippen molar-refractivity contribution in [2.45, 2.75) is 51.2 Å². The molecule has 0 amide bonds. The van der Waals surface area contributed by atoms with Crippen molar-refractivity contribution in [2.75, 3.05) is 13.7 Å². The van der Waals surface area contributed by atoms with Crippen LogP contribution in [0.25, 0.3) is 0 Å². The van der Waals surface area contributed by atoms with Gasteiger partial charge in [0.2, 0.25) is 0 Å². The van der Waals surface area contributed by atoms with Gasteiger partial charge in [-0.15, -0.1) is 0 Å². The van der Waals surface area contributed by atoms with E-state index in [0.29, 0.717) is 16.5 Å². The van der Waals surface area contributed by atoms with Crippen molar-refractivity contribution in [3.8, 4) is 11.5 Å². The molecule has 0 aliphatic carbocycles. The molecule has 2 aromatic carbocycles. The quantitative estimate of drug-likeness (QED) is 0.439. The van der Waals surface area contributed by atoms with Crippen LogP contribution >= 0.6 is 11.6 Å². The standard InChI is InChI=1S/C26H31ClO5/c1-5-7-22-21(17-10-12-18(27)13-11-17)14-20(16(2)3)25(32-22)19-8-6-9-23(30-4)26(19)31-15-24(28)29/h6,8-13,20-22,25H,2,5,7,14-15H2,1,3-4H3,(H,28,29)/t20-,21-,22+,25-/m1/s1. The molecule has 4 atom stereocenters. The predicted molar refractivity (Wildman–Crippen MR) is 126 cm³/mol. The second kappa shape index (κ2) is 10.9. The van der Waals surface area contributed by atoms with Crippen molar-refractivity contribution in [3.63, 3.8) is 0 Å². The van der Waals surface area contributed by atoms with Gasteiger partial charge in [0.25, 0.3) is 0 Å². The molecule has 1 aliphatic rings. The number of benzene rings is 2. The molecule has 0 radical (unpaired) electrons. The van der Waals surface area contributed by atoms with E-state index in [0.717, 1.165) is 30.4 Å². The van der Waals surface area contributed by atoms with Gasteiger partial charge in [-0.05, 0) is 43.5 Å². The predicted octanol–water partition coefficient (Wildman–Crippen LogP) is 6.42. The van der Waals surface area contributed by atoms with Gasteiger partial charge in [0.05, 0.1) is 19.3 Å². The SMILES string of the molecule is C=C(C)[C@H]1C[C@H](c2ccc(Cl)cc2)[C@H](CCC)O[C@@H]1c1cccc(OC)c1OCC(=O)O. The Kier molecular flexibility index (Phi) is 8.21. The van der Waals surface area contributed by atoms with Crippen LogP contribution in [0.1, 0.15) is 56.3 Å². The summed E-state index contributed by atoms with van der Waals surface area (Å²) in [7, 11) is 1.54. The van der Waals surface area contributed by atoms with Gasteiger partial charge in [0.1, 0.15) is 0 Å². The average Bonchev–Trinajstić information content (AvgIpc) is 2.77. The fourth-order valence-corrected chi connectivity index (χ4v) is 4.62. The Morgan fingerprint density at radius 3 is 2.56 bits per heavy atom. The Morgan fingerprint density at radius 2 is 1.97 bits per heavy atom. The lowest BCUT2D eigenvalue weighted by Crippen LogP contribution is -2.36. The zero-order valence-corrected chi connectivity index (χ0v) is 19.6. The number of aliphatic carboxylic acids is 1. The molecule has 1 saturated heterocycles. The number of halogens is 1. The first-order valence-corrected chi connectivity index (χ1v) is 11.3. The van der Waals surface area contributed by atoms with Crippen LogP contribution in [0.3, 0.4) is 0 Å². The highest BCUT2D eigenvalue weighted by Gasteiger charge is 2.40. The minimum absolute atomic E-state index is 0.000278. The molecule has 32 heavy (non-hydrogen) atoms. The van der Waals surface area contributed by atoms with Crippen molar-refractivity contribution in [1.29, 1.82) is 0 Å². The minimum Gasteiger partial charge on any atom is -0.493 e. The average molecular weight is 459 g/mol. The summed E-state index contributed by atoms with van der Waals surface area (Å²) in [5, 5.41) is 9.86. The molecule has 3 rings (SSSR count). The lowest BCUT2D eigenvalue weighted by atomic mass is 9.74. The largest absolute Gasteiger partial charge is 0.493 e. The molecule has 0 spiro atoms. The molecule has 1 N–H and O–H groups in total. The summed E-state index contributed by atoms with van der Waals surface area (Å²) in [4.78, 5) is 11.2. The molecule has 5 nitrogen and oxygen atoms in total. The Labute approximate surface area is 195 Å². The van der Waals surface area contributed by atoms with Gasteiger partial charge in [-0.25, -0.2) is 4.79 Å². The number of methoxy groups -OCH3 is 1. The molecule has 0 aromatic heterocycles. The lowest BCUT2D eigenvalue weighted by molar-refractivity contribution is -0.139. The summed E-state index contributed by atoms with van der Waals surface area (Å²) >= 11 is 6.12. The fourth-order valence-electron chi connectivity index (χ4n) is 4.50. The Morgan fingerprint density at radius 1 is 1.25 bits per heavy atom. The number of para-hydroxylation sites is 1. The molecule has 1 fully saturated rings. The first kappa shape index (κ1) is 24.1. The number of ether oxygens (including phenoxy) is 3. The monoisotopic (exact) mass is 458 g/mol. The highest BCUT2D eigenvalue weighted by atomic mass is 35.5. The molecular weight excluding hydrogens is 428 g/mol. The third-order valence-electron chi connectivity index (χ3n) is 6.02. The van der Waals surface area contributed by atoms with E-state index in [9.17, 15) is 4.79 Å². The Balaban J connectivity index is 2.02. The third kappa shape index (κ3) is 5.45. The normalized spacial score (nSPS) is 22.9. The first-order valence-electron chi connectivity index (χ1n) is 10.9. The van der Waals surface area contributed by atoms with E-state index in [-0.39, 0.29) is 24.0 Å². The van der Waals surface area contributed by atoms with Gasteiger partial charge in [0.15, 0.2) is 18.1 Å². The maximum Gasteiger partial charge on any atom is 0.341 e. The van der Waals surface area contributed by atoms with Crippen LogP contribution in [0.4, 0.5) is 0 Å². The van der Waals surface area contributed by atoms with E-state index in [1.54, 1.807) is 13.2 Å². The molecule has 172 valence electrons. The van der Waals surface area contributed by atoms with Crippen LogP contribution in [-0.4, -0.2) is 30.9 Å². The van der Waals surface area contributed by atoms with Crippen LogP contribution in [-0.2, 0) is 9.53 Å². The Hall–Kier alpha value is -2.50. The molecule has 6 heteroatoms. The summed E-state index contributed by atoms with van der Waals surface area (Å²) in [6, 6.07) is 13.5. The number of hydrogen-bond donors (Lipinski definition) is 1. The number of hydrogen-bond acceptors (Lipinski definition) is 4. The van der Waals surface area contributed by atoms with Crippen molar-refractivity contribution in [1.82, 2.24) is 0 Å². The van der Waals surface area contributed by atoms with Crippen LogP contribution in [0.15, 0.2) is 54.6 Å². The second-order valence-electron chi connectivity index (χ2n) is 8.29. The molecular formula is C26H31ClO5. The number of carboxylic acids is 1. The van der Waals surface area contributed by atoms with Crippen LogP contribution in [0, 0.1) is 5.92 Å². The van der Waals surface area contributed by atoms with Gasteiger partial charge >= 0.3 is 5.97 Å². The van der Waals surface area contributed by atoms with E-state index < -0.39 is 12.6 Å². The van der Waals surface area contributed by atoms with E-state index in [1.165, 1.54) is 5.56 Å². The maximum absolute atomic E-state index is 11.2. The molecule has 0 saturated carbocycles. The van der Waals surface area contributed by atoms with Gasteiger partial charge in [-0.3, -0.25) is 0 Å². The molecule has 0 unspecified atom stereocenters. The summed E-state index contributed by atoms with van der Waals surface area (Å²) in [6.07, 6.45) is 2.44. The number of rotatable bonds is 9. The topological polar surface area (TPSA) is 65.0 Å². The lowest BCUT2D eigenvalue weighted by Gasteiger charge is -2.43. The molecule has 0 bridgehead atoms. The fraction of sp³-hybridized carbons (Fsp3) is 0.423. The van der Waals surface area contributed by atoms with E-state index in [1.807, 2.05) is 31.2 Å².